The molecule has 0 atom stereocenters. The van der Waals surface area contributed by atoms with Gasteiger partial charge in [0.25, 0.3) is 5.91 Å². The minimum atomic E-state index is -0.233. The Morgan fingerprint density at radius 1 is 1.08 bits per heavy atom. The lowest BCUT2D eigenvalue weighted by molar-refractivity contribution is 0.102. The van der Waals surface area contributed by atoms with E-state index in [0.29, 0.717) is 27.1 Å². The molecule has 1 amide bonds. The number of hydrogen-bond donors (Lipinski definition) is 3. The molecule has 4 aromatic rings. The predicted molar refractivity (Wildman–Crippen MR) is 148 cm³/mol. The normalized spacial score (nSPS) is 15.1. The summed E-state index contributed by atoms with van der Waals surface area (Å²) in [6.45, 7) is 3.71. The zero-order valence-corrected chi connectivity index (χ0v) is 21.4. The molecular weight excluding hydrogens is 492 g/mol. The Bertz CT molecular complexity index is 1430. The van der Waals surface area contributed by atoms with Crippen LogP contribution in [0.4, 0.5) is 17.3 Å². The van der Waals surface area contributed by atoms with Crippen molar-refractivity contribution in [3.05, 3.63) is 77.4 Å². The van der Waals surface area contributed by atoms with Gasteiger partial charge in [0.05, 0.1) is 16.9 Å². The summed E-state index contributed by atoms with van der Waals surface area (Å²) >= 11 is 7.99. The molecule has 0 spiro atoms. The standard InChI is InChI=1S/C27H27ClN6OS/c1-27(30)11-13-34(14-12-27)22-16-31-26(24(29)33-22)36-21-8-4-7-20(23(21)28)32-25(35)19-10-9-17-5-2-3-6-18(17)15-19/h2-10,15-16H,11-14,30H2,1H3,(H2,29,33)(H,32,35). The summed E-state index contributed by atoms with van der Waals surface area (Å²) in [6, 6.07) is 19.0. The van der Waals surface area contributed by atoms with Crippen LogP contribution in [0.3, 0.4) is 0 Å². The SMILES string of the molecule is CC1(N)CCN(c2cnc(Sc3cccc(NC(=O)c4ccc5ccccc5c4)c3Cl)c(N)n2)CC1. The minimum Gasteiger partial charge on any atom is -0.381 e. The van der Waals surface area contributed by atoms with Gasteiger partial charge in [0.15, 0.2) is 5.82 Å². The Hall–Kier alpha value is -3.33. The summed E-state index contributed by atoms with van der Waals surface area (Å²) < 4.78 is 0. The van der Waals surface area contributed by atoms with E-state index in [1.54, 1.807) is 18.3 Å². The molecule has 1 aliphatic heterocycles. The Morgan fingerprint density at radius 2 is 1.83 bits per heavy atom. The highest BCUT2D eigenvalue weighted by Crippen LogP contribution is 2.39. The Balaban J connectivity index is 1.31. The molecule has 1 aromatic heterocycles. The maximum absolute atomic E-state index is 12.9. The van der Waals surface area contributed by atoms with Crippen LogP contribution in [0, 0.1) is 0 Å². The van der Waals surface area contributed by atoms with Crippen molar-refractivity contribution < 1.29 is 4.79 Å². The molecule has 1 fully saturated rings. The number of benzene rings is 3. The summed E-state index contributed by atoms with van der Waals surface area (Å²) in [7, 11) is 0. The highest BCUT2D eigenvalue weighted by molar-refractivity contribution is 7.99. The molecule has 2 heterocycles. The second-order valence-electron chi connectivity index (χ2n) is 9.30. The molecule has 36 heavy (non-hydrogen) atoms. The number of nitrogens with two attached hydrogens (primary N) is 2. The number of carbonyl (C=O) groups excluding carboxylic acids is 1. The van der Waals surface area contributed by atoms with Crippen LogP contribution in [0.1, 0.15) is 30.1 Å². The van der Waals surface area contributed by atoms with Crippen LogP contribution >= 0.6 is 23.4 Å². The van der Waals surface area contributed by atoms with E-state index in [4.69, 9.17) is 23.1 Å². The van der Waals surface area contributed by atoms with Crippen molar-refractivity contribution in [3.63, 3.8) is 0 Å². The maximum atomic E-state index is 12.9. The zero-order valence-electron chi connectivity index (χ0n) is 19.9. The van der Waals surface area contributed by atoms with Crippen molar-refractivity contribution in [2.75, 3.05) is 29.0 Å². The number of nitrogens with one attached hydrogen (secondary N) is 1. The Kier molecular flexibility index (Phi) is 6.75. The second kappa shape index (κ2) is 9.97. The van der Waals surface area contributed by atoms with Gasteiger partial charge in [-0.2, -0.15) is 0 Å². The number of piperidine rings is 1. The lowest BCUT2D eigenvalue weighted by Crippen LogP contribution is -2.48. The number of fused-ring (bicyclic) bond motifs is 1. The summed E-state index contributed by atoms with van der Waals surface area (Å²) in [5, 5.41) is 5.97. The van der Waals surface area contributed by atoms with Crippen molar-refractivity contribution in [2.24, 2.45) is 5.73 Å². The van der Waals surface area contributed by atoms with Crippen LogP contribution in [-0.4, -0.2) is 34.5 Å². The van der Waals surface area contributed by atoms with Crippen molar-refractivity contribution in [1.82, 2.24) is 9.97 Å². The molecular formula is C27H27ClN6OS. The van der Waals surface area contributed by atoms with Crippen LogP contribution in [0.15, 0.2) is 76.8 Å². The smallest absolute Gasteiger partial charge is 0.255 e. The van der Waals surface area contributed by atoms with E-state index in [1.165, 1.54) is 11.8 Å². The number of carbonyl (C=O) groups is 1. The lowest BCUT2D eigenvalue weighted by atomic mass is 9.91. The van der Waals surface area contributed by atoms with Gasteiger partial charge in [0.1, 0.15) is 10.8 Å². The van der Waals surface area contributed by atoms with Crippen LogP contribution in [-0.2, 0) is 0 Å². The van der Waals surface area contributed by atoms with Gasteiger partial charge >= 0.3 is 0 Å². The summed E-state index contributed by atoms with van der Waals surface area (Å²) in [4.78, 5) is 24.9. The molecule has 1 saturated heterocycles. The quantitative estimate of drug-likeness (QED) is 0.316. The van der Waals surface area contributed by atoms with Crippen LogP contribution in [0.5, 0.6) is 0 Å². The third-order valence-corrected chi connectivity index (χ3v) is 8.00. The van der Waals surface area contributed by atoms with E-state index in [-0.39, 0.29) is 11.4 Å². The highest BCUT2D eigenvalue weighted by Gasteiger charge is 2.27. The predicted octanol–water partition coefficient (Wildman–Crippen LogP) is 5.59. The van der Waals surface area contributed by atoms with E-state index < -0.39 is 0 Å². The summed E-state index contributed by atoms with van der Waals surface area (Å²) in [5.41, 5.74) is 13.4. The third kappa shape index (κ3) is 5.26. The molecule has 0 aliphatic carbocycles. The van der Waals surface area contributed by atoms with E-state index in [0.717, 1.165) is 47.4 Å². The monoisotopic (exact) mass is 518 g/mol. The Labute approximate surface area is 219 Å². The molecule has 0 bridgehead atoms. The van der Waals surface area contributed by atoms with Crippen molar-refractivity contribution >= 4 is 57.4 Å². The number of amides is 1. The first-order chi connectivity index (χ1) is 17.3. The van der Waals surface area contributed by atoms with E-state index >= 15 is 0 Å². The fourth-order valence-corrected chi connectivity index (χ4v) is 5.27. The molecule has 7 nitrogen and oxygen atoms in total. The molecule has 184 valence electrons. The molecule has 0 radical (unpaired) electrons. The van der Waals surface area contributed by atoms with Crippen LogP contribution in [0.2, 0.25) is 5.02 Å². The number of anilines is 3. The van der Waals surface area contributed by atoms with Crippen molar-refractivity contribution in [3.8, 4) is 0 Å². The molecule has 5 rings (SSSR count). The topological polar surface area (TPSA) is 110 Å². The second-order valence-corrected chi connectivity index (χ2v) is 10.7. The first-order valence-corrected chi connectivity index (χ1v) is 12.9. The third-order valence-electron chi connectivity index (χ3n) is 6.41. The fourth-order valence-electron chi connectivity index (χ4n) is 4.18. The van der Waals surface area contributed by atoms with Gasteiger partial charge in [0, 0.05) is 29.1 Å². The largest absolute Gasteiger partial charge is 0.381 e. The molecule has 9 heteroatoms. The molecule has 0 saturated carbocycles. The number of hydrogen-bond acceptors (Lipinski definition) is 7. The maximum Gasteiger partial charge on any atom is 0.255 e. The van der Waals surface area contributed by atoms with Gasteiger partial charge in [-0.25, -0.2) is 9.97 Å². The minimum absolute atomic E-state index is 0.142. The van der Waals surface area contributed by atoms with Gasteiger partial charge in [-0.3, -0.25) is 4.79 Å². The number of nitrogen functional groups attached to an aromatic ring is 1. The van der Waals surface area contributed by atoms with Gasteiger partial charge in [-0.05, 0) is 54.8 Å². The lowest BCUT2D eigenvalue weighted by Gasteiger charge is -2.37. The van der Waals surface area contributed by atoms with Gasteiger partial charge in [-0.15, -0.1) is 0 Å². The summed E-state index contributed by atoms with van der Waals surface area (Å²) in [6.07, 6.45) is 3.51. The first-order valence-electron chi connectivity index (χ1n) is 11.7. The molecule has 0 unspecified atom stereocenters. The van der Waals surface area contributed by atoms with Crippen molar-refractivity contribution in [2.45, 2.75) is 35.2 Å². The van der Waals surface area contributed by atoms with E-state index in [9.17, 15) is 4.79 Å². The fraction of sp³-hybridized carbons (Fsp3) is 0.222. The Morgan fingerprint density at radius 3 is 2.58 bits per heavy atom. The number of nitrogens with zero attached hydrogens (tertiary/aromatic N) is 3. The van der Waals surface area contributed by atoms with E-state index in [1.807, 2.05) is 48.5 Å². The first kappa shape index (κ1) is 24.4. The molecule has 1 aliphatic rings. The van der Waals surface area contributed by atoms with Gasteiger partial charge in [0.2, 0.25) is 0 Å². The number of rotatable bonds is 5. The summed E-state index contributed by atoms with van der Waals surface area (Å²) in [5.74, 6) is 0.846. The highest BCUT2D eigenvalue weighted by atomic mass is 35.5. The molecule has 5 N–H and O–H groups in total. The average Bonchev–Trinajstić information content (AvgIpc) is 2.87. The molecule has 3 aromatic carbocycles. The van der Waals surface area contributed by atoms with Crippen LogP contribution in [0.25, 0.3) is 10.8 Å². The average molecular weight is 519 g/mol. The number of halogens is 1. The van der Waals surface area contributed by atoms with Crippen molar-refractivity contribution in [1.29, 1.82) is 0 Å². The van der Waals surface area contributed by atoms with Gasteiger partial charge < -0.3 is 21.7 Å². The zero-order chi connectivity index (χ0) is 25.3. The van der Waals surface area contributed by atoms with Gasteiger partial charge in [-0.1, -0.05) is 59.8 Å². The number of aromatic nitrogens is 2. The van der Waals surface area contributed by atoms with Crippen LogP contribution < -0.4 is 21.7 Å². The van der Waals surface area contributed by atoms with E-state index in [2.05, 4.69) is 27.1 Å².